The highest BCUT2D eigenvalue weighted by molar-refractivity contribution is 5.80. The molecule has 2 nitrogen and oxygen atoms in total. The number of ether oxygens (including phenoxy) is 1. The van der Waals surface area contributed by atoms with Crippen molar-refractivity contribution in [2.24, 2.45) is 17.8 Å². The van der Waals surface area contributed by atoms with Gasteiger partial charge >= 0.3 is 59.5 Å². The summed E-state index contributed by atoms with van der Waals surface area (Å²) in [6.45, 7) is -1.40. The molecule has 21 heteroatoms. The summed E-state index contributed by atoms with van der Waals surface area (Å²) in [5.74, 6) is -41.1. The van der Waals surface area contributed by atoms with Crippen molar-refractivity contribution in [2.45, 2.75) is 66.4 Å². The van der Waals surface area contributed by atoms with Crippen LogP contribution in [0.15, 0.2) is 12.2 Å². The number of hydrogen-bond donors (Lipinski definition) is 0. The van der Waals surface area contributed by atoms with Gasteiger partial charge in [-0.15, -0.1) is 0 Å². The minimum atomic E-state index is -9.21. The maximum Gasteiger partial charge on any atom is 0.438 e. The molecular weight excluding hydrogens is 609 g/mol. The van der Waals surface area contributed by atoms with Crippen LogP contribution in [0, 0.1) is 17.8 Å². The molecule has 2 aliphatic rings. The Labute approximate surface area is 203 Å². The number of carbonyl (C=O) groups is 1. The van der Waals surface area contributed by atoms with Crippen LogP contribution in [0.2, 0.25) is 0 Å². The van der Waals surface area contributed by atoms with Crippen molar-refractivity contribution in [2.75, 3.05) is 6.61 Å². The molecule has 2 rings (SSSR count). The minimum Gasteiger partial charge on any atom is -0.461 e. The van der Waals surface area contributed by atoms with Crippen LogP contribution in [-0.2, 0) is 9.53 Å². The molecular formula is C18H11F19O2. The molecule has 0 amide bonds. The Morgan fingerprint density at radius 1 is 0.590 bits per heavy atom. The minimum absolute atomic E-state index is 0.0199. The number of esters is 1. The zero-order valence-corrected chi connectivity index (χ0v) is 18.0. The molecule has 0 spiro atoms. The molecule has 228 valence electrons. The quantitative estimate of drug-likeness (QED) is 0.161. The molecule has 2 aliphatic carbocycles. The Bertz CT molecular complexity index is 960. The van der Waals surface area contributed by atoms with Crippen LogP contribution in [0.1, 0.15) is 12.8 Å². The van der Waals surface area contributed by atoms with Gasteiger partial charge in [-0.05, 0) is 30.6 Å². The second kappa shape index (κ2) is 8.94. The Hall–Kier alpha value is -2.12. The number of allylic oxidation sites excluding steroid dienone is 2. The third-order valence-corrected chi connectivity index (χ3v) is 6.36. The lowest BCUT2D eigenvalue weighted by molar-refractivity contribution is -0.470. The summed E-state index contributed by atoms with van der Waals surface area (Å²) in [7, 11) is 0. The van der Waals surface area contributed by atoms with Crippen LogP contribution in [0.25, 0.3) is 0 Å². The van der Waals surface area contributed by atoms with Crippen LogP contribution >= 0.6 is 0 Å². The Kier molecular flexibility index (Phi) is 7.58. The number of halogens is 19. The number of rotatable bonds is 8. The van der Waals surface area contributed by atoms with Gasteiger partial charge in [-0.2, -0.15) is 74.6 Å². The van der Waals surface area contributed by atoms with E-state index in [-0.39, 0.29) is 18.8 Å². The van der Waals surface area contributed by atoms with Gasteiger partial charge in [-0.25, -0.2) is 13.6 Å². The van der Waals surface area contributed by atoms with Gasteiger partial charge in [0.05, 0.1) is 6.61 Å². The van der Waals surface area contributed by atoms with Crippen molar-refractivity contribution < 1.29 is 92.9 Å². The SMILES string of the molecule is O=C(OCC1CC2C=CC1C2)C(F)(F)C(F)(C(F)(F)F)C(F)(F)C(F)(F)C(F)(F)C(F)(C(F)(F)F)C(F)(F)F. The molecule has 0 heterocycles. The fourth-order valence-corrected chi connectivity index (χ4v) is 4.20. The van der Waals surface area contributed by atoms with Crippen molar-refractivity contribution in [1.29, 1.82) is 0 Å². The summed E-state index contributed by atoms with van der Waals surface area (Å²) in [5.41, 5.74) is -17.5. The monoisotopic (exact) mass is 620 g/mol. The lowest BCUT2D eigenvalue weighted by Gasteiger charge is -2.46. The second-order valence-corrected chi connectivity index (χ2v) is 8.75. The molecule has 1 saturated carbocycles. The molecule has 0 aromatic carbocycles. The first-order valence-electron chi connectivity index (χ1n) is 9.91. The third kappa shape index (κ3) is 4.30. The van der Waals surface area contributed by atoms with Gasteiger partial charge < -0.3 is 4.74 Å². The van der Waals surface area contributed by atoms with E-state index in [0.717, 1.165) is 0 Å². The van der Waals surface area contributed by atoms with E-state index in [4.69, 9.17) is 0 Å². The summed E-state index contributed by atoms with van der Waals surface area (Å²) in [5, 5.41) is 0. The summed E-state index contributed by atoms with van der Waals surface area (Å²) in [6.07, 6.45) is -21.9. The molecule has 4 atom stereocenters. The lowest BCUT2D eigenvalue weighted by atomic mass is 9.79. The first-order chi connectivity index (χ1) is 17.0. The largest absolute Gasteiger partial charge is 0.461 e. The van der Waals surface area contributed by atoms with E-state index in [1.165, 1.54) is 6.08 Å². The molecule has 1 fully saturated rings. The highest BCUT2D eigenvalue weighted by Gasteiger charge is 3.00. The smallest absolute Gasteiger partial charge is 0.438 e. The van der Waals surface area contributed by atoms with Crippen LogP contribution < -0.4 is 0 Å². The first-order valence-corrected chi connectivity index (χ1v) is 9.91. The van der Waals surface area contributed by atoms with E-state index in [9.17, 15) is 88.2 Å². The lowest BCUT2D eigenvalue weighted by Crippen LogP contribution is -2.80. The fourth-order valence-electron chi connectivity index (χ4n) is 4.20. The maximum absolute atomic E-state index is 14.5. The molecule has 0 saturated heterocycles. The molecule has 0 N–H and O–H groups in total. The standard InChI is InChI=1S/C18H11F19O2/c19-10(20,9(38)39-5-8-4-6-1-2-7(8)3-6)11(21,16(29,30)31)13(23,24)15(27,28)14(25,26)12(22,17(32,33)34)18(35,36)37/h1-2,6-8H,3-5H2. The Morgan fingerprint density at radius 3 is 1.33 bits per heavy atom. The molecule has 39 heavy (non-hydrogen) atoms. The predicted octanol–water partition coefficient (Wildman–Crippen LogP) is 7.39. The average molecular weight is 620 g/mol. The molecule has 0 aromatic rings. The first kappa shape index (κ1) is 33.1. The van der Waals surface area contributed by atoms with Crippen molar-refractivity contribution in [3.05, 3.63) is 12.2 Å². The molecule has 2 bridgehead atoms. The van der Waals surface area contributed by atoms with E-state index >= 15 is 0 Å². The van der Waals surface area contributed by atoms with Gasteiger partial charge in [-0.3, -0.25) is 0 Å². The summed E-state index contributed by atoms with van der Waals surface area (Å²) < 4.78 is 258. The second-order valence-electron chi connectivity index (χ2n) is 8.75. The number of alkyl halides is 19. The molecule has 0 aromatic heterocycles. The van der Waals surface area contributed by atoms with E-state index in [1.54, 1.807) is 6.08 Å². The molecule has 0 aliphatic heterocycles. The van der Waals surface area contributed by atoms with Crippen molar-refractivity contribution in [3.8, 4) is 0 Å². The highest BCUT2D eigenvalue weighted by Crippen LogP contribution is 2.67. The van der Waals surface area contributed by atoms with E-state index in [0.29, 0.717) is 0 Å². The van der Waals surface area contributed by atoms with Crippen molar-refractivity contribution >= 4 is 5.97 Å². The fraction of sp³-hybridized carbons (Fsp3) is 0.833. The number of fused-ring (bicyclic) bond motifs is 2. The Morgan fingerprint density at radius 2 is 1.00 bits per heavy atom. The van der Waals surface area contributed by atoms with Crippen LogP contribution in [-0.4, -0.2) is 66.1 Å². The zero-order chi connectivity index (χ0) is 31.1. The normalized spacial score (nSPS) is 25.2. The van der Waals surface area contributed by atoms with Crippen LogP contribution in [0.3, 0.4) is 0 Å². The van der Waals surface area contributed by atoms with Gasteiger partial charge in [0, 0.05) is 0 Å². The summed E-state index contributed by atoms with van der Waals surface area (Å²) in [4.78, 5) is 11.5. The van der Waals surface area contributed by atoms with Gasteiger partial charge in [0.15, 0.2) is 0 Å². The number of hydrogen-bond acceptors (Lipinski definition) is 2. The molecule has 4 unspecified atom stereocenters. The van der Waals surface area contributed by atoms with E-state index in [1.807, 2.05) is 0 Å². The third-order valence-electron chi connectivity index (χ3n) is 6.36. The van der Waals surface area contributed by atoms with Crippen LogP contribution in [0.4, 0.5) is 83.4 Å². The zero-order valence-electron chi connectivity index (χ0n) is 18.0. The van der Waals surface area contributed by atoms with E-state index < -0.39 is 78.0 Å². The van der Waals surface area contributed by atoms with Crippen molar-refractivity contribution in [1.82, 2.24) is 0 Å². The summed E-state index contributed by atoms with van der Waals surface area (Å²) >= 11 is 0. The van der Waals surface area contributed by atoms with Gasteiger partial charge in [0.1, 0.15) is 0 Å². The van der Waals surface area contributed by atoms with Gasteiger partial charge in [0.2, 0.25) is 0 Å². The maximum atomic E-state index is 14.5. The topological polar surface area (TPSA) is 26.3 Å². The van der Waals surface area contributed by atoms with Crippen LogP contribution in [0.5, 0.6) is 0 Å². The average Bonchev–Trinajstić information content (AvgIpc) is 3.36. The summed E-state index contributed by atoms with van der Waals surface area (Å²) in [6, 6.07) is 0. The van der Waals surface area contributed by atoms with E-state index in [2.05, 4.69) is 4.74 Å². The van der Waals surface area contributed by atoms with Crippen molar-refractivity contribution in [3.63, 3.8) is 0 Å². The van der Waals surface area contributed by atoms with Gasteiger partial charge in [0.25, 0.3) is 0 Å². The number of carbonyl (C=O) groups excluding carboxylic acids is 1. The molecule has 0 radical (unpaired) electrons. The van der Waals surface area contributed by atoms with Gasteiger partial charge in [-0.1, -0.05) is 12.2 Å². The Balaban J connectivity index is 2.63. The predicted molar refractivity (Wildman–Crippen MR) is 85.4 cm³/mol. The highest BCUT2D eigenvalue weighted by atomic mass is 19.4.